The number of carbonyl (C=O) groups excluding carboxylic acids is 2. The lowest BCUT2D eigenvalue weighted by molar-refractivity contribution is -0.165. The summed E-state index contributed by atoms with van der Waals surface area (Å²) in [6.07, 6.45) is 4.55. The van der Waals surface area contributed by atoms with Gasteiger partial charge in [-0.25, -0.2) is 4.79 Å². The first-order valence-electron chi connectivity index (χ1n) is 8.20. The highest BCUT2D eigenvalue weighted by molar-refractivity contribution is 5.92. The molecule has 1 amide bonds. The topological polar surface area (TPSA) is 46.6 Å². The number of hydrogen-bond acceptors (Lipinski definition) is 3. The number of carbonyl (C=O) groups is 2. The first-order chi connectivity index (χ1) is 10.7. The number of amides is 1. The van der Waals surface area contributed by atoms with E-state index >= 15 is 0 Å². The number of fused-ring (bicyclic) bond motifs is 1. The Morgan fingerprint density at radius 2 is 2.09 bits per heavy atom. The maximum Gasteiger partial charge on any atom is 0.332 e. The van der Waals surface area contributed by atoms with E-state index in [0.29, 0.717) is 19.4 Å². The van der Waals surface area contributed by atoms with Gasteiger partial charge >= 0.3 is 5.97 Å². The highest BCUT2D eigenvalue weighted by atomic mass is 16.5. The fraction of sp³-hybridized carbons (Fsp3) is 0.556. The van der Waals surface area contributed by atoms with Gasteiger partial charge in [0.25, 0.3) is 0 Å². The molecule has 0 saturated carbocycles. The van der Waals surface area contributed by atoms with Crippen LogP contribution in [0.15, 0.2) is 30.3 Å². The standard InChI is InChI=1S/C18H23NO3/c1-2-22-17(21)18-11-6-9-15(19(18)16(20)10-12-18)13-14-7-4-3-5-8-14/h3-5,7-8,15H,2,6,9-13H2,1H3/t15-,18+/m0/s1. The van der Waals surface area contributed by atoms with Crippen molar-refractivity contribution in [3.05, 3.63) is 35.9 Å². The van der Waals surface area contributed by atoms with Crippen LogP contribution in [0.5, 0.6) is 0 Å². The Morgan fingerprint density at radius 3 is 2.82 bits per heavy atom. The van der Waals surface area contributed by atoms with Crippen molar-refractivity contribution < 1.29 is 14.3 Å². The maximum atomic E-state index is 12.5. The van der Waals surface area contributed by atoms with Gasteiger partial charge < -0.3 is 9.64 Å². The molecule has 3 rings (SSSR count). The number of piperidine rings is 1. The summed E-state index contributed by atoms with van der Waals surface area (Å²) in [5.41, 5.74) is 0.511. The van der Waals surface area contributed by atoms with Crippen molar-refractivity contribution in [2.45, 2.75) is 57.0 Å². The lowest BCUT2D eigenvalue weighted by Crippen LogP contribution is -2.59. The van der Waals surface area contributed by atoms with Crippen molar-refractivity contribution in [1.29, 1.82) is 0 Å². The molecule has 0 radical (unpaired) electrons. The zero-order chi connectivity index (χ0) is 15.6. The molecule has 0 unspecified atom stereocenters. The van der Waals surface area contributed by atoms with E-state index in [4.69, 9.17) is 4.74 Å². The van der Waals surface area contributed by atoms with E-state index in [0.717, 1.165) is 25.7 Å². The van der Waals surface area contributed by atoms with Crippen LogP contribution in [0.3, 0.4) is 0 Å². The summed E-state index contributed by atoms with van der Waals surface area (Å²) in [7, 11) is 0. The average Bonchev–Trinajstić information content (AvgIpc) is 2.88. The number of benzene rings is 1. The van der Waals surface area contributed by atoms with Gasteiger partial charge in [-0.2, -0.15) is 0 Å². The van der Waals surface area contributed by atoms with Gasteiger partial charge in [-0.3, -0.25) is 4.79 Å². The van der Waals surface area contributed by atoms with Crippen molar-refractivity contribution in [2.75, 3.05) is 6.61 Å². The van der Waals surface area contributed by atoms with E-state index in [2.05, 4.69) is 12.1 Å². The number of rotatable bonds is 4. The zero-order valence-electron chi connectivity index (χ0n) is 13.1. The second kappa shape index (κ2) is 6.11. The van der Waals surface area contributed by atoms with Gasteiger partial charge in [-0.1, -0.05) is 30.3 Å². The van der Waals surface area contributed by atoms with E-state index in [1.54, 1.807) is 0 Å². The fourth-order valence-corrected chi connectivity index (χ4v) is 4.00. The summed E-state index contributed by atoms with van der Waals surface area (Å²) in [6, 6.07) is 10.3. The highest BCUT2D eigenvalue weighted by Crippen LogP contribution is 2.43. The molecule has 4 nitrogen and oxygen atoms in total. The van der Waals surface area contributed by atoms with Gasteiger partial charge in [0.05, 0.1) is 6.61 Å². The fourth-order valence-electron chi connectivity index (χ4n) is 4.00. The lowest BCUT2D eigenvalue weighted by atomic mass is 9.82. The van der Waals surface area contributed by atoms with Gasteiger partial charge in [-0.15, -0.1) is 0 Å². The molecule has 1 aromatic carbocycles. The van der Waals surface area contributed by atoms with Crippen LogP contribution in [0.4, 0.5) is 0 Å². The Kier molecular flexibility index (Phi) is 4.19. The molecule has 2 atom stereocenters. The van der Waals surface area contributed by atoms with Crippen molar-refractivity contribution in [3.8, 4) is 0 Å². The molecule has 0 aromatic heterocycles. The summed E-state index contributed by atoms with van der Waals surface area (Å²) in [6.45, 7) is 2.19. The predicted octanol–water partition coefficient (Wildman–Crippen LogP) is 2.71. The van der Waals surface area contributed by atoms with Crippen molar-refractivity contribution in [3.63, 3.8) is 0 Å². The molecule has 0 N–H and O–H groups in total. The largest absolute Gasteiger partial charge is 0.464 e. The Bertz CT molecular complexity index is 557. The van der Waals surface area contributed by atoms with Crippen molar-refractivity contribution in [1.82, 2.24) is 4.90 Å². The van der Waals surface area contributed by atoms with Crippen LogP contribution in [-0.4, -0.2) is 35.0 Å². The van der Waals surface area contributed by atoms with Gasteiger partial charge in [0.15, 0.2) is 0 Å². The molecular formula is C18H23NO3. The third-order valence-electron chi connectivity index (χ3n) is 4.94. The molecule has 2 saturated heterocycles. The summed E-state index contributed by atoms with van der Waals surface area (Å²) >= 11 is 0. The molecule has 4 heteroatoms. The van der Waals surface area contributed by atoms with Crippen molar-refractivity contribution in [2.24, 2.45) is 0 Å². The van der Waals surface area contributed by atoms with E-state index in [1.165, 1.54) is 5.56 Å². The first kappa shape index (κ1) is 15.1. The number of nitrogens with zero attached hydrogens (tertiary/aromatic N) is 1. The third-order valence-corrected chi connectivity index (χ3v) is 4.94. The van der Waals surface area contributed by atoms with E-state index in [1.807, 2.05) is 30.0 Å². The summed E-state index contributed by atoms with van der Waals surface area (Å²) < 4.78 is 5.30. The summed E-state index contributed by atoms with van der Waals surface area (Å²) in [5.74, 6) is -0.104. The number of esters is 1. The Hall–Kier alpha value is -1.84. The molecule has 2 heterocycles. The molecule has 0 bridgehead atoms. The minimum atomic E-state index is -0.704. The van der Waals surface area contributed by atoms with Crippen LogP contribution >= 0.6 is 0 Å². The first-order valence-corrected chi connectivity index (χ1v) is 8.20. The Morgan fingerprint density at radius 1 is 1.32 bits per heavy atom. The lowest BCUT2D eigenvalue weighted by Gasteiger charge is -2.45. The maximum absolute atomic E-state index is 12.5. The normalized spacial score (nSPS) is 27.6. The second-order valence-electron chi connectivity index (χ2n) is 6.25. The molecule has 2 aliphatic rings. The molecule has 0 aliphatic carbocycles. The van der Waals surface area contributed by atoms with Crippen LogP contribution in [0.25, 0.3) is 0 Å². The average molecular weight is 301 g/mol. The predicted molar refractivity (Wildman–Crippen MR) is 83.2 cm³/mol. The van der Waals surface area contributed by atoms with Crippen LogP contribution in [0, 0.1) is 0 Å². The Labute approximate surface area is 131 Å². The molecule has 2 fully saturated rings. The minimum Gasteiger partial charge on any atom is -0.464 e. The van der Waals surface area contributed by atoms with Gasteiger partial charge in [0.2, 0.25) is 5.91 Å². The van der Waals surface area contributed by atoms with Gasteiger partial charge in [0.1, 0.15) is 5.54 Å². The zero-order valence-corrected chi connectivity index (χ0v) is 13.1. The molecule has 2 aliphatic heterocycles. The van der Waals surface area contributed by atoms with Crippen LogP contribution in [0.1, 0.15) is 44.6 Å². The van der Waals surface area contributed by atoms with E-state index < -0.39 is 5.54 Å². The second-order valence-corrected chi connectivity index (χ2v) is 6.25. The Balaban J connectivity index is 1.86. The quantitative estimate of drug-likeness (QED) is 0.803. The summed E-state index contributed by atoms with van der Waals surface area (Å²) in [5, 5.41) is 0. The molecule has 1 aromatic rings. The number of ether oxygens (including phenoxy) is 1. The van der Waals surface area contributed by atoms with Crippen LogP contribution in [0.2, 0.25) is 0 Å². The summed E-state index contributed by atoms with van der Waals surface area (Å²) in [4.78, 5) is 26.8. The molecule has 118 valence electrons. The molecule has 0 spiro atoms. The SMILES string of the molecule is CCOC(=O)[C@]12CCC[C@@H](Cc3ccccc3)N1C(=O)CC2. The smallest absolute Gasteiger partial charge is 0.332 e. The van der Waals surface area contributed by atoms with E-state index in [9.17, 15) is 9.59 Å². The van der Waals surface area contributed by atoms with E-state index in [-0.39, 0.29) is 17.9 Å². The van der Waals surface area contributed by atoms with Gasteiger partial charge in [-0.05, 0) is 44.6 Å². The molecule has 22 heavy (non-hydrogen) atoms. The molecular weight excluding hydrogens is 278 g/mol. The monoisotopic (exact) mass is 301 g/mol. The third kappa shape index (κ3) is 2.51. The van der Waals surface area contributed by atoms with Crippen LogP contribution in [-0.2, 0) is 20.7 Å². The highest BCUT2D eigenvalue weighted by Gasteiger charge is 2.55. The van der Waals surface area contributed by atoms with Crippen molar-refractivity contribution >= 4 is 11.9 Å². The number of hydrogen-bond donors (Lipinski definition) is 0. The minimum absolute atomic E-state index is 0.105. The van der Waals surface area contributed by atoms with Gasteiger partial charge in [0, 0.05) is 12.5 Å². The van der Waals surface area contributed by atoms with Crippen LogP contribution < -0.4 is 0 Å².